The molecule has 0 amide bonds. The number of aromatic nitrogens is 8. The van der Waals surface area contributed by atoms with Crippen LogP contribution >= 0.6 is 0 Å². The van der Waals surface area contributed by atoms with Crippen molar-refractivity contribution in [2.45, 2.75) is 4.90 Å². The average molecular weight is 368 g/mol. The van der Waals surface area contributed by atoms with Crippen molar-refractivity contribution in [1.82, 2.24) is 41.2 Å². The molecule has 2 heterocycles. The Hall–Kier alpha value is -3.47. The Labute approximate surface area is 147 Å². The number of tetrazole rings is 2. The molecule has 0 fully saturated rings. The second-order valence-corrected chi connectivity index (χ2v) is 7.48. The SMILES string of the molecule is CS(=O)(=O)c1cccc(-c2ccc(-c3nn[nH]n3)cc2)c1-c1nn[nH]n1. The molecule has 0 radical (unpaired) electrons. The van der Waals surface area contributed by atoms with E-state index in [1.165, 1.54) is 6.07 Å². The number of H-pyrrole nitrogens is 2. The smallest absolute Gasteiger partial charge is 0.206 e. The van der Waals surface area contributed by atoms with Gasteiger partial charge in [0.15, 0.2) is 9.84 Å². The molecule has 0 aliphatic rings. The van der Waals surface area contributed by atoms with Gasteiger partial charge in [-0.3, -0.25) is 0 Å². The van der Waals surface area contributed by atoms with Gasteiger partial charge in [-0.25, -0.2) is 8.42 Å². The van der Waals surface area contributed by atoms with E-state index in [1.54, 1.807) is 6.07 Å². The third kappa shape index (κ3) is 2.84. The first-order valence-electron chi connectivity index (χ1n) is 7.45. The Morgan fingerprint density at radius 2 is 1.42 bits per heavy atom. The molecule has 130 valence electrons. The third-order valence-electron chi connectivity index (χ3n) is 3.79. The summed E-state index contributed by atoms with van der Waals surface area (Å²) in [5.74, 6) is 0.683. The molecular formula is C15H12N8O2S. The Morgan fingerprint density at radius 3 is 2.00 bits per heavy atom. The maximum Gasteiger partial charge on any atom is 0.206 e. The predicted molar refractivity (Wildman–Crippen MR) is 91.3 cm³/mol. The lowest BCUT2D eigenvalue weighted by molar-refractivity contribution is 0.602. The first-order valence-corrected chi connectivity index (χ1v) is 9.34. The van der Waals surface area contributed by atoms with Gasteiger partial charge < -0.3 is 0 Å². The van der Waals surface area contributed by atoms with Crippen molar-refractivity contribution in [3.8, 4) is 33.9 Å². The number of hydrogen-bond acceptors (Lipinski definition) is 8. The molecule has 0 saturated carbocycles. The molecule has 4 aromatic rings. The van der Waals surface area contributed by atoms with Gasteiger partial charge in [-0.15, -0.1) is 20.4 Å². The topological polar surface area (TPSA) is 143 Å². The van der Waals surface area contributed by atoms with Crippen LogP contribution in [0.25, 0.3) is 33.9 Å². The number of rotatable bonds is 4. The molecule has 26 heavy (non-hydrogen) atoms. The summed E-state index contributed by atoms with van der Waals surface area (Å²) in [6, 6.07) is 12.4. The zero-order valence-corrected chi connectivity index (χ0v) is 14.3. The number of aromatic amines is 2. The molecule has 11 heteroatoms. The summed E-state index contributed by atoms with van der Waals surface area (Å²) >= 11 is 0. The number of sulfone groups is 1. The van der Waals surface area contributed by atoms with Crippen molar-refractivity contribution in [2.75, 3.05) is 6.26 Å². The van der Waals surface area contributed by atoms with Crippen LogP contribution < -0.4 is 0 Å². The maximum atomic E-state index is 12.2. The van der Waals surface area contributed by atoms with Crippen LogP contribution in [0, 0.1) is 0 Å². The monoisotopic (exact) mass is 368 g/mol. The molecule has 0 unspecified atom stereocenters. The van der Waals surface area contributed by atoms with Gasteiger partial charge in [-0.2, -0.15) is 10.4 Å². The summed E-state index contributed by atoms with van der Waals surface area (Å²) in [5, 5.41) is 27.6. The van der Waals surface area contributed by atoms with Crippen molar-refractivity contribution in [2.24, 2.45) is 0 Å². The predicted octanol–water partition coefficient (Wildman–Crippen LogP) is 1.12. The fourth-order valence-electron chi connectivity index (χ4n) is 2.66. The summed E-state index contributed by atoms with van der Waals surface area (Å²) < 4.78 is 24.5. The summed E-state index contributed by atoms with van der Waals surface area (Å²) in [4.78, 5) is 0.138. The average Bonchev–Trinajstić information content (AvgIpc) is 3.34. The Morgan fingerprint density at radius 1 is 0.808 bits per heavy atom. The highest BCUT2D eigenvalue weighted by Gasteiger charge is 2.21. The first kappa shape index (κ1) is 16.0. The maximum absolute atomic E-state index is 12.2. The van der Waals surface area contributed by atoms with E-state index in [2.05, 4.69) is 41.2 Å². The fourth-order valence-corrected chi connectivity index (χ4v) is 3.56. The van der Waals surface area contributed by atoms with E-state index in [-0.39, 0.29) is 10.7 Å². The van der Waals surface area contributed by atoms with E-state index in [0.717, 1.165) is 17.4 Å². The first-order chi connectivity index (χ1) is 12.5. The van der Waals surface area contributed by atoms with E-state index in [1.807, 2.05) is 30.3 Å². The number of nitrogens with zero attached hydrogens (tertiary/aromatic N) is 6. The van der Waals surface area contributed by atoms with E-state index in [4.69, 9.17) is 0 Å². The van der Waals surface area contributed by atoms with Crippen LogP contribution in [-0.4, -0.2) is 55.9 Å². The molecular weight excluding hydrogens is 356 g/mol. The largest absolute Gasteiger partial charge is 0.224 e. The van der Waals surface area contributed by atoms with Crippen LogP contribution in [-0.2, 0) is 9.84 Å². The van der Waals surface area contributed by atoms with Crippen LogP contribution in [0.15, 0.2) is 47.4 Å². The Balaban J connectivity index is 1.89. The van der Waals surface area contributed by atoms with Gasteiger partial charge in [0.2, 0.25) is 11.6 Å². The van der Waals surface area contributed by atoms with Crippen molar-refractivity contribution in [3.63, 3.8) is 0 Å². The minimum Gasteiger partial charge on any atom is -0.224 e. The number of nitrogens with one attached hydrogen (secondary N) is 2. The molecule has 2 aromatic carbocycles. The van der Waals surface area contributed by atoms with Gasteiger partial charge in [0, 0.05) is 17.4 Å². The number of hydrogen-bond donors (Lipinski definition) is 2. The zero-order chi connectivity index (χ0) is 18.1. The van der Waals surface area contributed by atoms with E-state index in [0.29, 0.717) is 17.0 Å². The van der Waals surface area contributed by atoms with Crippen molar-refractivity contribution in [1.29, 1.82) is 0 Å². The highest BCUT2D eigenvalue weighted by molar-refractivity contribution is 7.90. The highest BCUT2D eigenvalue weighted by Crippen LogP contribution is 2.35. The van der Waals surface area contributed by atoms with E-state index < -0.39 is 9.84 Å². The van der Waals surface area contributed by atoms with Crippen molar-refractivity contribution >= 4 is 9.84 Å². The molecule has 0 spiro atoms. The minimum atomic E-state index is -3.49. The third-order valence-corrected chi connectivity index (χ3v) is 4.93. The lowest BCUT2D eigenvalue weighted by atomic mass is 9.98. The molecule has 0 bridgehead atoms. The minimum absolute atomic E-state index is 0.138. The molecule has 4 rings (SSSR count). The second-order valence-electron chi connectivity index (χ2n) is 5.50. The Kier molecular flexibility index (Phi) is 3.77. The summed E-state index contributed by atoms with van der Waals surface area (Å²) in [6.07, 6.45) is 1.15. The molecule has 0 saturated heterocycles. The van der Waals surface area contributed by atoms with Gasteiger partial charge in [-0.1, -0.05) is 36.4 Å². The lowest BCUT2D eigenvalue weighted by Crippen LogP contribution is -2.02. The van der Waals surface area contributed by atoms with Crippen LogP contribution in [0.3, 0.4) is 0 Å². The molecule has 0 aliphatic carbocycles. The van der Waals surface area contributed by atoms with Crippen LogP contribution in [0.1, 0.15) is 0 Å². The Bertz CT molecular complexity index is 1140. The molecule has 2 N–H and O–H groups in total. The molecule has 2 aromatic heterocycles. The van der Waals surface area contributed by atoms with Crippen LogP contribution in [0.5, 0.6) is 0 Å². The fraction of sp³-hybridized carbons (Fsp3) is 0.0667. The molecule has 10 nitrogen and oxygen atoms in total. The van der Waals surface area contributed by atoms with Gasteiger partial charge in [0.25, 0.3) is 0 Å². The van der Waals surface area contributed by atoms with E-state index in [9.17, 15) is 8.42 Å². The zero-order valence-electron chi connectivity index (χ0n) is 13.4. The standard InChI is InChI=1S/C15H12N8O2S/c1-26(24,25)12-4-2-3-11(13(12)15-18-22-23-19-15)9-5-7-10(8-6-9)14-16-20-21-17-14/h2-8H,1H3,(H,16,17,20,21)(H,18,19,22,23). The molecule has 0 aliphatic heterocycles. The van der Waals surface area contributed by atoms with Gasteiger partial charge in [-0.05, 0) is 27.6 Å². The second kappa shape index (κ2) is 6.11. The van der Waals surface area contributed by atoms with Gasteiger partial charge in [0.1, 0.15) is 0 Å². The van der Waals surface area contributed by atoms with Crippen molar-refractivity contribution < 1.29 is 8.42 Å². The summed E-state index contributed by atoms with van der Waals surface area (Å²) in [7, 11) is -3.49. The normalized spacial score (nSPS) is 11.6. The summed E-state index contributed by atoms with van der Waals surface area (Å²) in [6.45, 7) is 0. The van der Waals surface area contributed by atoms with Crippen LogP contribution in [0.2, 0.25) is 0 Å². The van der Waals surface area contributed by atoms with Gasteiger partial charge >= 0.3 is 0 Å². The van der Waals surface area contributed by atoms with Crippen LogP contribution in [0.4, 0.5) is 0 Å². The number of benzene rings is 2. The summed E-state index contributed by atoms with van der Waals surface area (Å²) in [5.41, 5.74) is 2.65. The van der Waals surface area contributed by atoms with Gasteiger partial charge in [0.05, 0.1) is 4.90 Å². The highest BCUT2D eigenvalue weighted by atomic mass is 32.2. The van der Waals surface area contributed by atoms with E-state index >= 15 is 0 Å². The quantitative estimate of drug-likeness (QED) is 0.545. The lowest BCUT2D eigenvalue weighted by Gasteiger charge is -2.11. The molecule has 0 atom stereocenters. The van der Waals surface area contributed by atoms with Crippen molar-refractivity contribution in [3.05, 3.63) is 42.5 Å².